The third kappa shape index (κ3) is 4.29. The molecule has 2 atom stereocenters. The molecule has 0 heterocycles. The third-order valence-electron chi connectivity index (χ3n) is 1.99. The second-order valence-corrected chi connectivity index (χ2v) is 3.12. The summed E-state index contributed by atoms with van der Waals surface area (Å²) in [4.78, 5) is 10.4. The standard InChI is InChI=1S/C10H13NO3.ClH/c11-9(10(13)14)8(12)6-7-4-2-1-3-5-7;/h1-5,8-9,12H,6,11H2,(H,13,14);1H/t8-,9+;/m1./s1. The largest absolute Gasteiger partial charge is 0.480 e. The first-order valence-corrected chi connectivity index (χ1v) is 4.31. The molecule has 0 fully saturated rings. The van der Waals surface area contributed by atoms with Crippen molar-refractivity contribution in [1.82, 2.24) is 0 Å². The van der Waals surface area contributed by atoms with E-state index in [1.165, 1.54) is 0 Å². The number of aliphatic carboxylic acids is 1. The lowest BCUT2D eigenvalue weighted by Gasteiger charge is -2.14. The van der Waals surface area contributed by atoms with E-state index in [1.807, 2.05) is 30.3 Å². The van der Waals surface area contributed by atoms with Crippen molar-refractivity contribution in [1.29, 1.82) is 0 Å². The van der Waals surface area contributed by atoms with Gasteiger partial charge in [-0.1, -0.05) is 30.3 Å². The van der Waals surface area contributed by atoms with E-state index in [-0.39, 0.29) is 18.8 Å². The normalized spacial score (nSPS) is 13.7. The van der Waals surface area contributed by atoms with Crippen molar-refractivity contribution in [3.8, 4) is 0 Å². The highest BCUT2D eigenvalue weighted by Crippen LogP contribution is 2.04. The van der Waals surface area contributed by atoms with Gasteiger partial charge in [-0.15, -0.1) is 12.4 Å². The summed E-state index contributed by atoms with van der Waals surface area (Å²) in [6, 6.07) is 7.92. The Labute approximate surface area is 94.1 Å². The molecule has 0 aromatic heterocycles. The van der Waals surface area contributed by atoms with Crippen molar-refractivity contribution in [3.05, 3.63) is 35.9 Å². The smallest absolute Gasteiger partial charge is 0.323 e. The Balaban J connectivity index is 0.00000196. The number of carboxylic acid groups (broad SMARTS) is 1. The maximum atomic E-state index is 10.4. The van der Waals surface area contributed by atoms with E-state index in [0.29, 0.717) is 0 Å². The van der Waals surface area contributed by atoms with Gasteiger partial charge < -0.3 is 15.9 Å². The first-order valence-electron chi connectivity index (χ1n) is 4.31. The van der Waals surface area contributed by atoms with E-state index in [0.717, 1.165) is 5.56 Å². The van der Waals surface area contributed by atoms with Crippen molar-refractivity contribution in [2.24, 2.45) is 5.73 Å². The molecular formula is C10H14ClNO3. The van der Waals surface area contributed by atoms with Gasteiger partial charge in [-0.2, -0.15) is 0 Å². The number of hydrogen-bond acceptors (Lipinski definition) is 3. The summed E-state index contributed by atoms with van der Waals surface area (Å²) in [6.07, 6.45) is -0.788. The average Bonchev–Trinajstić information content (AvgIpc) is 2.18. The minimum Gasteiger partial charge on any atom is -0.480 e. The maximum Gasteiger partial charge on any atom is 0.323 e. The molecule has 1 aromatic carbocycles. The number of carbonyl (C=O) groups is 1. The third-order valence-corrected chi connectivity index (χ3v) is 1.99. The molecule has 1 aromatic rings. The summed E-state index contributed by atoms with van der Waals surface area (Å²) in [5.41, 5.74) is 6.13. The molecule has 0 bridgehead atoms. The van der Waals surface area contributed by atoms with Gasteiger partial charge in [0.15, 0.2) is 0 Å². The van der Waals surface area contributed by atoms with Crippen LogP contribution in [0.4, 0.5) is 0 Å². The molecular weight excluding hydrogens is 218 g/mol. The number of rotatable bonds is 4. The molecule has 1 rings (SSSR count). The van der Waals surface area contributed by atoms with Gasteiger partial charge in [-0.3, -0.25) is 4.79 Å². The van der Waals surface area contributed by atoms with E-state index < -0.39 is 18.1 Å². The van der Waals surface area contributed by atoms with Crippen LogP contribution in [0.1, 0.15) is 5.56 Å². The zero-order valence-corrected chi connectivity index (χ0v) is 8.85. The van der Waals surface area contributed by atoms with Crippen LogP contribution in [0.15, 0.2) is 30.3 Å². The Morgan fingerprint density at radius 3 is 2.33 bits per heavy atom. The highest BCUT2D eigenvalue weighted by Gasteiger charge is 2.21. The van der Waals surface area contributed by atoms with Gasteiger partial charge in [0.2, 0.25) is 0 Å². The number of carboxylic acids is 1. The fraction of sp³-hybridized carbons (Fsp3) is 0.300. The number of hydrogen-bond donors (Lipinski definition) is 3. The molecule has 0 spiro atoms. The highest BCUT2D eigenvalue weighted by atomic mass is 35.5. The van der Waals surface area contributed by atoms with Gasteiger partial charge in [-0.25, -0.2) is 0 Å². The van der Waals surface area contributed by atoms with E-state index in [4.69, 9.17) is 10.8 Å². The topological polar surface area (TPSA) is 83.6 Å². The first kappa shape index (κ1) is 13.9. The first-order chi connectivity index (χ1) is 6.61. The monoisotopic (exact) mass is 231 g/mol. The average molecular weight is 232 g/mol. The fourth-order valence-corrected chi connectivity index (χ4v) is 1.15. The number of aliphatic hydroxyl groups is 1. The molecule has 0 amide bonds. The van der Waals surface area contributed by atoms with Crippen LogP contribution in [0.5, 0.6) is 0 Å². The summed E-state index contributed by atoms with van der Waals surface area (Å²) in [5, 5.41) is 18.0. The number of benzene rings is 1. The van der Waals surface area contributed by atoms with Crippen LogP contribution in [-0.4, -0.2) is 28.3 Å². The summed E-state index contributed by atoms with van der Waals surface area (Å²) in [6.45, 7) is 0. The molecule has 4 N–H and O–H groups in total. The zero-order chi connectivity index (χ0) is 10.6. The molecule has 0 aliphatic heterocycles. The SMILES string of the molecule is Cl.N[C@H](C(=O)O)[C@H](O)Cc1ccccc1. The number of halogens is 1. The molecule has 15 heavy (non-hydrogen) atoms. The van der Waals surface area contributed by atoms with Gasteiger partial charge in [0.1, 0.15) is 6.04 Å². The van der Waals surface area contributed by atoms with Crippen LogP contribution in [-0.2, 0) is 11.2 Å². The summed E-state index contributed by atoms with van der Waals surface area (Å²) < 4.78 is 0. The van der Waals surface area contributed by atoms with Gasteiger partial charge in [0, 0.05) is 6.42 Å². The van der Waals surface area contributed by atoms with Gasteiger partial charge in [-0.05, 0) is 5.56 Å². The van der Waals surface area contributed by atoms with Crippen LogP contribution >= 0.6 is 12.4 Å². The van der Waals surface area contributed by atoms with E-state index in [9.17, 15) is 9.90 Å². The summed E-state index contributed by atoms with van der Waals surface area (Å²) in [5.74, 6) is -1.19. The van der Waals surface area contributed by atoms with Crippen molar-refractivity contribution < 1.29 is 15.0 Å². The number of aliphatic hydroxyl groups excluding tert-OH is 1. The summed E-state index contributed by atoms with van der Waals surface area (Å²) in [7, 11) is 0. The molecule has 0 aliphatic rings. The molecule has 0 saturated heterocycles. The van der Waals surface area contributed by atoms with Crippen molar-refractivity contribution in [2.75, 3.05) is 0 Å². The fourth-order valence-electron chi connectivity index (χ4n) is 1.15. The zero-order valence-electron chi connectivity index (χ0n) is 8.04. The second kappa shape index (κ2) is 6.40. The van der Waals surface area contributed by atoms with Crippen LogP contribution in [0.3, 0.4) is 0 Å². The van der Waals surface area contributed by atoms with Crippen molar-refractivity contribution in [3.63, 3.8) is 0 Å². The van der Waals surface area contributed by atoms with E-state index >= 15 is 0 Å². The molecule has 5 heteroatoms. The Hall–Kier alpha value is -1.10. The van der Waals surface area contributed by atoms with Gasteiger partial charge >= 0.3 is 5.97 Å². The highest BCUT2D eigenvalue weighted by molar-refractivity contribution is 5.85. The lowest BCUT2D eigenvalue weighted by atomic mass is 10.0. The Morgan fingerprint density at radius 2 is 1.87 bits per heavy atom. The molecule has 84 valence electrons. The lowest BCUT2D eigenvalue weighted by Crippen LogP contribution is -2.42. The molecule has 4 nitrogen and oxygen atoms in total. The lowest BCUT2D eigenvalue weighted by molar-refractivity contribution is -0.141. The second-order valence-electron chi connectivity index (χ2n) is 3.12. The quantitative estimate of drug-likeness (QED) is 0.702. The Kier molecular flexibility index (Phi) is 5.93. The van der Waals surface area contributed by atoms with Crippen LogP contribution in [0.2, 0.25) is 0 Å². The Morgan fingerprint density at radius 1 is 1.33 bits per heavy atom. The van der Waals surface area contributed by atoms with Crippen LogP contribution < -0.4 is 5.73 Å². The molecule has 0 unspecified atom stereocenters. The maximum absolute atomic E-state index is 10.4. The van der Waals surface area contributed by atoms with Gasteiger partial charge in [0.25, 0.3) is 0 Å². The summed E-state index contributed by atoms with van der Waals surface area (Å²) >= 11 is 0. The van der Waals surface area contributed by atoms with Crippen molar-refractivity contribution in [2.45, 2.75) is 18.6 Å². The minimum atomic E-state index is -1.23. The van der Waals surface area contributed by atoms with E-state index in [2.05, 4.69) is 0 Å². The molecule has 0 radical (unpaired) electrons. The van der Waals surface area contributed by atoms with Crippen molar-refractivity contribution >= 4 is 18.4 Å². The Bertz CT molecular complexity index is 305. The number of nitrogens with two attached hydrogens (primary N) is 1. The molecule has 0 saturated carbocycles. The minimum absolute atomic E-state index is 0. The van der Waals surface area contributed by atoms with Crippen LogP contribution in [0.25, 0.3) is 0 Å². The van der Waals surface area contributed by atoms with Gasteiger partial charge in [0.05, 0.1) is 6.10 Å². The van der Waals surface area contributed by atoms with E-state index in [1.54, 1.807) is 0 Å². The predicted molar refractivity (Wildman–Crippen MR) is 59.0 cm³/mol. The molecule has 0 aliphatic carbocycles. The van der Waals surface area contributed by atoms with Crippen LogP contribution in [0, 0.1) is 0 Å². The predicted octanol–water partition coefficient (Wildman–Crippen LogP) is 0.424.